The van der Waals surface area contributed by atoms with E-state index in [-0.39, 0.29) is 12.1 Å². The van der Waals surface area contributed by atoms with Crippen LogP contribution in [0.25, 0.3) is 0 Å². The largest absolute Gasteiger partial charge is 0.383 e. The molecule has 0 aromatic heterocycles. The Labute approximate surface area is 92.0 Å². The van der Waals surface area contributed by atoms with Crippen molar-refractivity contribution in [2.45, 2.75) is 32.7 Å². The Balaban J connectivity index is 2.38. The number of amides is 2. The summed E-state index contributed by atoms with van der Waals surface area (Å²) in [6.45, 7) is 6.55. The predicted octanol–water partition coefficient (Wildman–Crippen LogP) is 1.46. The molecule has 1 rings (SSSR count). The average Bonchev–Trinajstić information content (AvgIpc) is 2.69. The second-order valence-electron chi connectivity index (χ2n) is 4.45. The molecule has 88 valence electrons. The van der Waals surface area contributed by atoms with Gasteiger partial charge in [0.15, 0.2) is 0 Å². The molecule has 1 unspecified atom stereocenters. The van der Waals surface area contributed by atoms with E-state index < -0.39 is 0 Å². The smallest absolute Gasteiger partial charge is 0.317 e. The lowest BCUT2D eigenvalue weighted by Gasteiger charge is -2.25. The first-order valence-corrected chi connectivity index (χ1v) is 5.69. The molecule has 0 radical (unpaired) electrons. The van der Waals surface area contributed by atoms with E-state index in [1.807, 2.05) is 4.90 Å². The van der Waals surface area contributed by atoms with Crippen LogP contribution < -0.4 is 5.32 Å². The lowest BCUT2D eigenvalue weighted by atomic mass is 10.1. The van der Waals surface area contributed by atoms with Crippen LogP contribution >= 0.6 is 0 Å². The highest BCUT2D eigenvalue weighted by atomic mass is 16.5. The van der Waals surface area contributed by atoms with E-state index in [0.29, 0.717) is 12.5 Å². The zero-order valence-corrected chi connectivity index (χ0v) is 9.95. The summed E-state index contributed by atoms with van der Waals surface area (Å²) in [5, 5.41) is 3.02. The minimum Gasteiger partial charge on any atom is -0.383 e. The van der Waals surface area contributed by atoms with Crippen LogP contribution in [0.4, 0.5) is 4.79 Å². The molecule has 1 N–H and O–H groups in total. The summed E-state index contributed by atoms with van der Waals surface area (Å²) in [5.41, 5.74) is 0. The van der Waals surface area contributed by atoms with Crippen LogP contribution in [-0.2, 0) is 4.74 Å². The number of nitrogens with zero attached hydrogens (tertiary/aromatic N) is 1. The molecule has 0 bridgehead atoms. The Morgan fingerprint density at radius 1 is 1.40 bits per heavy atom. The van der Waals surface area contributed by atoms with Crippen molar-refractivity contribution in [3.8, 4) is 0 Å². The van der Waals surface area contributed by atoms with Crippen LogP contribution in [0.1, 0.15) is 26.7 Å². The van der Waals surface area contributed by atoms with Gasteiger partial charge in [-0.15, -0.1) is 0 Å². The topological polar surface area (TPSA) is 41.6 Å². The molecule has 0 spiro atoms. The first kappa shape index (κ1) is 12.3. The number of methoxy groups -OCH3 is 1. The van der Waals surface area contributed by atoms with E-state index in [9.17, 15) is 4.79 Å². The highest BCUT2D eigenvalue weighted by molar-refractivity contribution is 5.74. The van der Waals surface area contributed by atoms with E-state index in [0.717, 1.165) is 25.9 Å². The van der Waals surface area contributed by atoms with Gasteiger partial charge in [0, 0.05) is 20.2 Å². The summed E-state index contributed by atoms with van der Waals surface area (Å²) in [7, 11) is 1.66. The van der Waals surface area contributed by atoms with Gasteiger partial charge in [-0.05, 0) is 18.8 Å². The Morgan fingerprint density at radius 2 is 2.00 bits per heavy atom. The maximum Gasteiger partial charge on any atom is 0.317 e. The molecule has 1 aliphatic rings. The first-order chi connectivity index (χ1) is 7.15. The van der Waals surface area contributed by atoms with Gasteiger partial charge < -0.3 is 15.0 Å². The number of ether oxygens (including phenoxy) is 1. The minimum atomic E-state index is 0.0586. The molecule has 1 heterocycles. The number of rotatable bonds is 4. The standard InChI is InChI=1S/C11H22N2O2/c1-9(2)10(8-15-3)12-11(14)13-6-4-5-7-13/h9-10H,4-8H2,1-3H3,(H,12,14). The van der Waals surface area contributed by atoms with Crippen LogP contribution in [0.2, 0.25) is 0 Å². The second kappa shape index (κ2) is 5.95. The molecule has 2 amide bonds. The van der Waals surface area contributed by atoms with Crippen molar-refractivity contribution in [3.05, 3.63) is 0 Å². The van der Waals surface area contributed by atoms with Gasteiger partial charge in [-0.1, -0.05) is 13.8 Å². The van der Waals surface area contributed by atoms with Crippen molar-refractivity contribution in [2.75, 3.05) is 26.8 Å². The second-order valence-corrected chi connectivity index (χ2v) is 4.45. The van der Waals surface area contributed by atoms with Crippen molar-refractivity contribution in [2.24, 2.45) is 5.92 Å². The fraction of sp³-hybridized carbons (Fsp3) is 0.909. The zero-order valence-electron chi connectivity index (χ0n) is 9.95. The van der Waals surface area contributed by atoms with Gasteiger partial charge >= 0.3 is 6.03 Å². The van der Waals surface area contributed by atoms with Gasteiger partial charge in [0.2, 0.25) is 0 Å². The van der Waals surface area contributed by atoms with E-state index in [2.05, 4.69) is 19.2 Å². The third-order valence-corrected chi connectivity index (χ3v) is 2.85. The third-order valence-electron chi connectivity index (χ3n) is 2.85. The monoisotopic (exact) mass is 214 g/mol. The Kier molecular flexibility index (Phi) is 4.88. The average molecular weight is 214 g/mol. The lowest BCUT2D eigenvalue weighted by molar-refractivity contribution is 0.141. The quantitative estimate of drug-likeness (QED) is 0.770. The van der Waals surface area contributed by atoms with Gasteiger partial charge in [-0.2, -0.15) is 0 Å². The van der Waals surface area contributed by atoms with Crippen molar-refractivity contribution >= 4 is 6.03 Å². The SMILES string of the molecule is COCC(NC(=O)N1CCCC1)C(C)C. The van der Waals surface area contributed by atoms with Gasteiger partial charge in [0.05, 0.1) is 12.6 Å². The van der Waals surface area contributed by atoms with Gasteiger partial charge in [0.1, 0.15) is 0 Å². The fourth-order valence-corrected chi connectivity index (χ4v) is 1.75. The summed E-state index contributed by atoms with van der Waals surface area (Å²) in [6.07, 6.45) is 2.26. The molecular formula is C11H22N2O2. The van der Waals surface area contributed by atoms with Crippen molar-refractivity contribution in [1.29, 1.82) is 0 Å². The molecule has 1 saturated heterocycles. The summed E-state index contributed by atoms with van der Waals surface area (Å²) >= 11 is 0. The Hall–Kier alpha value is -0.770. The molecule has 0 aromatic carbocycles. The van der Waals surface area contributed by atoms with E-state index >= 15 is 0 Å². The summed E-state index contributed by atoms with van der Waals surface area (Å²) in [4.78, 5) is 13.7. The Bertz CT molecular complexity index is 201. The highest BCUT2D eigenvalue weighted by Crippen LogP contribution is 2.09. The molecule has 15 heavy (non-hydrogen) atoms. The van der Waals surface area contributed by atoms with E-state index in [1.165, 1.54) is 0 Å². The third kappa shape index (κ3) is 3.70. The van der Waals surface area contributed by atoms with Crippen molar-refractivity contribution < 1.29 is 9.53 Å². The van der Waals surface area contributed by atoms with Gasteiger partial charge in [0.25, 0.3) is 0 Å². The molecular weight excluding hydrogens is 192 g/mol. The molecule has 0 saturated carbocycles. The molecule has 1 atom stereocenters. The molecule has 4 nitrogen and oxygen atoms in total. The molecule has 4 heteroatoms. The van der Waals surface area contributed by atoms with Crippen molar-refractivity contribution in [1.82, 2.24) is 10.2 Å². The van der Waals surface area contributed by atoms with Crippen LogP contribution in [0, 0.1) is 5.92 Å². The lowest BCUT2D eigenvalue weighted by Crippen LogP contribution is -2.47. The summed E-state index contributed by atoms with van der Waals surface area (Å²) in [6, 6.07) is 0.173. The maximum absolute atomic E-state index is 11.8. The maximum atomic E-state index is 11.8. The van der Waals surface area contributed by atoms with Gasteiger partial charge in [-0.25, -0.2) is 4.79 Å². The number of carbonyl (C=O) groups is 1. The Morgan fingerprint density at radius 3 is 2.47 bits per heavy atom. The molecule has 1 aliphatic heterocycles. The van der Waals surface area contributed by atoms with E-state index in [4.69, 9.17) is 4.74 Å². The number of hydrogen-bond acceptors (Lipinski definition) is 2. The zero-order chi connectivity index (χ0) is 11.3. The van der Waals surface area contributed by atoms with Crippen LogP contribution in [0.15, 0.2) is 0 Å². The normalized spacial score (nSPS) is 18.3. The number of hydrogen-bond donors (Lipinski definition) is 1. The molecule has 1 fully saturated rings. The number of urea groups is 1. The van der Waals surface area contributed by atoms with Crippen LogP contribution in [0.5, 0.6) is 0 Å². The van der Waals surface area contributed by atoms with Crippen LogP contribution in [0.3, 0.4) is 0 Å². The molecule has 0 aliphatic carbocycles. The van der Waals surface area contributed by atoms with Crippen molar-refractivity contribution in [3.63, 3.8) is 0 Å². The van der Waals surface area contributed by atoms with E-state index in [1.54, 1.807) is 7.11 Å². The fourth-order valence-electron chi connectivity index (χ4n) is 1.75. The molecule has 0 aromatic rings. The number of likely N-dealkylation sites (tertiary alicyclic amines) is 1. The number of carbonyl (C=O) groups excluding carboxylic acids is 1. The first-order valence-electron chi connectivity index (χ1n) is 5.69. The number of nitrogens with one attached hydrogen (secondary N) is 1. The summed E-state index contributed by atoms with van der Waals surface area (Å²) in [5.74, 6) is 0.400. The summed E-state index contributed by atoms with van der Waals surface area (Å²) < 4.78 is 5.10. The minimum absolute atomic E-state index is 0.0586. The predicted molar refractivity (Wildman–Crippen MR) is 59.8 cm³/mol. The van der Waals surface area contributed by atoms with Crippen LogP contribution in [-0.4, -0.2) is 43.8 Å². The highest BCUT2D eigenvalue weighted by Gasteiger charge is 2.22. The van der Waals surface area contributed by atoms with Gasteiger partial charge in [-0.3, -0.25) is 0 Å².